The van der Waals surface area contributed by atoms with Crippen molar-refractivity contribution in [3.63, 3.8) is 0 Å². The molecule has 0 unspecified atom stereocenters. The summed E-state index contributed by atoms with van der Waals surface area (Å²) in [6.45, 7) is 4.08. The molecule has 3 nitrogen and oxygen atoms in total. The van der Waals surface area contributed by atoms with Crippen molar-refractivity contribution in [3.05, 3.63) is 41.6 Å². The molecule has 78 valence electrons. The van der Waals surface area contributed by atoms with Crippen LogP contribution in [0.15, 0.2) is 30.3 Å². The van der Waals surface area contributed by atoms with Crippen molar-refractivity contribution in [1.82, 2.24) is 9.78 Å². The summed E-state index contributed by atoms with van der Waals surface area (Å²) in [5, 5.41) is 7.58. The van der Waals surface area contributed by atoms with Gasteiger partial charge in [-0.15, -0.1) is 0 Å². The quantitative estimate of drug-likeness (QED) is 0.809. The van der Waals surface area contributed by atoms with Crippen LogP contribution in [-0.2, 0) is 0 Å². The van der Waals surface area contributed by atoms with E-state index in [1.807, 2.05) is 30.8 Å². The molecule has 0 aliphatic carbocycles. The second-order valence-electron chi connectivity index (χ2n) is 3.67. The Balaban J connectivity index is 2.53. The first-order valence-corrected chi connectivity index (χ1v) is 5.02. The fraction of sp³-hybridized carbons (Fsp3) is 0.250. The van der Waals surface area contributed by atoms with Crippen LogP contribution >= 0.6 is 0 Å². The van der Waals surface area contributed by atoms with Crippen LogP contribution in [0.1, 0.15) is 11.3 Å². The highest BCUT2D eigenvalue weighted by Crippen LogP contribution is 2.17. The number of aromatic nitrogens is 2. The molecule has 15 heavy (non-hydrogen) atoms. The predicted octanol–water partition coefficient (Wildman–Crippen LogP) is 2.53. The predicted molar refractivity (Wildman–Crippen MR) is 62.6 cm³/mol. The molecule has 3 heteroatoms. The third-order valence-electron chi connectivity index (χ3n) is 2.33. The molecule has 0 aliphatic heterocycles. The molecule has 0 atom stereocenters. The van der Waals surface area contributed by atoms with Crippen LogP contribution in [0.25, 0.3) is 5.69 Å². The van der Waals surface area contributed by atoms with E-state index in [0.29, 0.717) is 0 Å². The Morgan fingerprint density at radius 2 is 2.00 bits per heavy atom. The maximum atomic E-state index is 4.45. The molecule has 1 heterocycles. The molecule has 1 aromatic heterocycles. The Bertz CT molecular complexity index is 471. The lowest BCUT2D eigenvalue weighted by molar-refractivity contribution is 0.866. The summed E-state index contributed by atoms with van der Waals surface area (Å²) >= 11 is 0. The third kappa shape index (κ3) is 1.86. The first kappa shape index (κ1) is 9.77. The lowest BCUT2D eigenvalue weighted by Gasteiger charge is -2.06. The lowest BCUT2D eigenvalue weighted by atomic mass is 10.2. The Morgan fingerprint density at radius 1 is 1.20 bits per heavy atom. The molecule has 0 radical (unpaired) electrons. The van der Waals surface area contributed by atoms with Crippen LogP contribution in [-0.4, -0.2) is 16.8 Å². The fourth-order valence-corrected chi connectivity index (χ4v) is 1.63. The topological polar surface area (TPSA) is 29.9 Å². The minimum absolute atomic E-state index is 1.01. The van der Waals surface area contributed by atoms with Gasteiger partial charge in [0, 0.05) is 13.1 Å². The molecular formula is C12H15N3. The van der Waals surface area contributed by atoms with Crippen molar-refractivity contribution in [1.29, 1.82) is 0 Å². The van der Waals surface area contributed by atoms with Crippen molar-refractivity contribution < 1.29 is 0 Å². The smallest absolute Gasteiger partial charge is 0.129 e. The van der Waals surface area contributed by atoms with Gasteiger partial charge >= 0.3 is 0 Å². The van der Waals surface area contributed by atoms with Gasteiger partial charge in [-0.2, -0.15) is 5.10 Å². The van der Waals surface area contributed by atoms with E-state index in [4.69, 9.17) is 0 Å². The van der Waals surface area contributed by atoms with E-state index >= 15 is 0 Å². The van der Waals surface area contributed by atoms with Gasteiger partial charge in [-0.25, -0.2) is 4.68 Å². The summed E-state index contributed by atoms with van der Waals surface area (Å²) in [6, 6.07) is 10.3. The number of nitrogens with one attached hydrogen (secondary N) is 1. The van der Waals surface area contributed by atoms with Gasteiger partial charge in [0.15, 0.2) is 0 Å². The summed E-state index contributed by atoms with van der Waals surface area (Å²) in [7, 11) is 1.91. The normalized spacial score (nSPS) is 10.3. The van der Waals surface area contributed by atoms with E-state index in [-0.39, 0.29) is 0 Å². The first-order valence-electron chi connectivity index (χ1n) is 5.02. The maximum Gasteiger partial charge on any atom is 0.129 e. The average Bonchev–Trinajstić information content (AvgIpc) is 2.59. The monoisotopic (exact) mass is 201 g/mol. The zero-order valence-electron chi connectivity index (χ0n) is 9.28. The lowest BCUT2D eigenvalue weighted by Crippen LogP contribution is -2.02. The Labute approximate surface area is 89.7 Å². The Kier molecular flexibility index (Phi) is 2.46. The van der Waals surface area contributed by atoms with Gasteiger partial charge in [-0.05, 0) is 31.5 Å². The number of anilines is 1. The first-order chi connectivity index (χ1) is 7.20. The molecule has 0 aliphatic rings. The number of rotatable bonds is 2. The van der Waals surface area contributed by atoms with Crippen LogP contribution in [0.5, 0.6) is 0 Å². The molecule has 0 saturated heterocycles. The Hall–Kier alpha value is -1.77. The standard InChI is InChI=1S/C12H15N3/c1-9-5-4-6-11(7-9)15-12(13-3)8-10(2)14-15/h4-8,13H,1-3H3. The maximum absolute atomic E-state index is 4.45. The number of nitrogens with zero attached hydrogens (tertiary/aromatic N) is 2. The minimum atomic E-state index is 1.01. The fourth-order valence-electron chi connectivity index (χ4n) is 1.63. The van der Waals surface area contributed by atoms with Crippen LogP contribution in [0, 0.1) is 13.8 Å². The van der Waals surface area contributed by atoms with Crippen molar-refractivity contribution in [3.8, 4) is 5.69 Å². The zero-order valence-corrected chi connectivity index (χ0v) is 9.28. The molecule has 0 saturated carbocycles. The highest BCUT2D eigenvalue weighted by molar-refractivity contribution is 5.46. The SMILES string of the molecule is CNc1cc(C)nn1-c1cccc(C)c1. The Morgan fingerprint density at radius 3 is 2.67 bits per heavy atom. The van der Waals surface area contributed by atoms with Gasteiger partial charge in [0.2, 0.25) is 0 Å². The second kappa shape index (κ2) is 3.77. The van der Waals surface area contributed by atoms with Gasteiger partial charge < -0.3 is 5.32 Å². The molecule has 1 N–H and O–H groups in total. The summed E-state index contributed by atoms with van der Waals surface area (Å²) < 4.78 is 1.92. The number of hydrogen-bond donors (Lipinski definition) is 1. The van der Waals surface area contributed by atoms with E-state index in [0.717, 1.165) is 17.2 Å². The second-order valence-corrected chi connectivity index (χ2v) is 3.67. The van der Waals surface area contributed by atoms with Gasteiger partial charge in [0.05, 0.1) is 11.4 Å². The van der Waals surface area contributed by atoms with Gasteiger partial charge in [-0.1, -0.05) is 12.1 Å². The number of hydrogen-bond acceptors (Lipinski definition) is 2. The molecule has 0 bridgehead atoms. The van der Waals surface area contributed by atoms with Crippen molar-refractivity contribution in [2.45, 2.75) is 13.8 Å². The molecule has 0 amide bonds. The van der Waals surface area contributed by atoms with Crippen LogP contribution in [0.2, 0.25) is 0 Å². The number of benzene rings is 1. The zero-order chi connectivity index (χ0) is 10.8. The molecule has 2 aromatic rings. The van der Waals surface area contributed by atoms with Crippen molar-refractivity contribution in [2.75, 3.05) is 12.4 Å². The molecular weight excluding hydrogens is 186 g/mol. The van der Waals surface area contributed by atoms with Crippen LogP contribution < -0.4 is 5.32 Å². The molecule has 1 aromatic carbocycles. The van der Waals surface area contributed by atoms with E-state index in [2.05, 4.69) is 35.5 Å². The summed E-state index contributed by atoms with van der Waals surface area (Å²) in [5.74, 6) is 1.01. The van der Waals surface area contributed by atoms with Crippen LogP contribution in [0.4, 0.5) is 5.82 Å². The molecule has 0 fully saturated rings. The summed E-state index contributed by atoms with van der Waals surface area (Å²) in [5.41, 5.74) is 3.34. The van der Waals surface area contributed by atoms with E-state index in [1.165, 1.54) is 5.56 Å². The summed E-state index contributed by atoms with van der Waals surface area (Å²) in [4.78, 5) is 0. The van der Waals surface area contributed by atoms with Gasteiger partial charge in [0.25, 0.3) is 0 Å². The number of aryl methyl sites for hydroxylation is 2. The highest BCUT2D eigenvalue weighted by atomic mass is 15.3. The molecule has 0 spiro atoms. The summed E-state index contributed by atoms with van der Waals surface area (Å²) in [6.07, 6.45) is 0. The highest BCUT2D eigenvalue weighted by Gasteiger charge is 2.05. The van der Waals surface area contributed by atoms with Gasteiger partial charge in [-0.3, -0.25) is 0 Å². The van der Waals surface area contributed by atoms with E-state index in [1.54, 1.807) is 0 Å². The van der Waals surface area contributed by atoms with Crippen molar-refractivity contribution in [2.24, 2.45) is 0 Å². The van der Waals surface area contributed by atoms with Crippen molar-refractivity contribution >= 4 is 5.82 Å². The minimum Gasteiger partial charge on any atom is -0.373 e. The molecule has 2 rings (SSSR count). The van der Waals surface area contributed by atoms with Crippen LogP contribution in [0.3, 0.4) is 0 Å². The van der Waals surface area contributed by atoms with Gasteiger partial charge in [0.1, 0.15) is 5.82 Å². The van der Waals surface area contributed by atoms with E-state index in [9.17, 15) is 0 Å². The largest absolute Gasteiger partial charge is 0.373 e. The average molecular weight is 201 g/mol. The van der Waals surface area contributed by atoms with E-state index < -0.39 is 0 Å². The third-order valence-corrected chi connectivity index (χ3v) is 2.33.